The van der Waals surface area contributed by atoms with Crippen LogP contribution >= 0.6 is 15.9 Å². The number of nitrogens with one attached hydrogen (secondary N) is 1. The average molecular weight is 307 g/mol. The van der Waals surface area contributed by atoms with E-state index in [9.17, 15) is 0 Å². The predicted molar refractivity (Wildman–Crippen MR) is 77.8 cm³/mol. The number of aromatic nitrogens is 2. The molecule has 0 aliphatic rings. The van der Waals surface area contributed by atoms with Crippen molar-refractivity contribution in [1.29, 1.82) is 0 Å². The van der Waals surface area contributed by atoms with Crippen LogP contribution in [0.25, 0.3) is 0 Å². The van der Waals surface area contributed by atoms with E-state index < -0.39 is 0 Å². The maximum atomic E-state index is 4.34. The van der Waals surface area contributed by atoms with Crippen molar-refractivity contribution in [1.82, 2.24) is 9.97 Å². The Kier molecular flexibility index (Phi) is 4.15. The summed E-state index contributed by atoms with van der Waals surface area (Å²) in [4.78, 5) is 10.6. The maximum Gasteiger partial charge on any atom is 0.128 e. The molecule has 1 N–H and O–H groups in total. The summed E-state index contributed by atoms with van der Waals surface area (Å²) in [6.07, 6.45) is 3.62. The van der Waals surface area contributed by atoms with E-state index in [-0.39, 0.29) is 0 Å². The van der Waals surface area contributed by atoms with Gasteiger partial charge in [0.2, 0.25) is 0 Å². The minimum atomic E-state index is 0.691. The van der Waals surface area contributed by atoms with Crippen LogP contribution in [0.4, 0.5) is 11.5 Å². The van der Waals surface area contributed by atoms with E-state index in [4.69, 9.17) is 0 Å². The fourth-order valence-electron chi connectivity index (χ4n) is 1.46. The van der Waals surface area contributed by atoms with E-state index in [0.717, 1.165) is 21.7 Å². The largest absolute Gasteiger partial charge is 0.378 e. The Bertz CT molecular complexity index is 493. The summed E-state index contributed by atoms with van der Waals surface area (Å²) in [5.41, 5.74) is 1.99. The zero-order valence-electron chi connectivity index (χ0n) is 10.4. The summed E-state index contributed by atoms with van der Waals surface area (Å²) in [6, 6.07) is 7.97. The van der Waals surface area contributed by atoms with E-state index in [1.165, 1.54) is 0 Å². The highest BCUT2D eigenvalue weighted by Gasteiger charge is 1.98. The summed E-state index contributed by atoms with van der Waals surface area (Å²) in [5.74, 6) is 0.947. The Labute approximate surface area is 115 Å². The van der Waals surface area contributed by atoms with Crippen LogP contribution in [-0.2, 0) is 6.54 Å². The lowest BCUT2D eigenvalue weighted by molar-refractivity contribution is 1.03. The molecule has 0 radical (unpaired) electrons. The SMILES string of the molecule is CN(C)c1ccc(NCc2ccc(Br)cn2)cn1. The second-order valence-corrected chi connectivity index (χ2v) is 5.04. The van der Waals surface area contributed by atoms with Crippen molar-refractivity contribution >= 4 is 27.4 Å². The number of halogens is 1. The van der Waals surface area contributed by atoms with Crippen molar-refractivity contribution in [2.45, 2.75) is 6.54 Å². The lowest BCUT2D eigenvalue weighted by atomic mass is 10.3. The smallest absolute Gasteiger partial charge is 0.128 e. The Morgan fingerprint density at radius 3 is 2.50 bits per heavy atom. The molecule has 94 valence electrons. The van der Waals surface area contributed by atoms with Crippen molar-refractivity contribution in [3.63, 3.8) is 0 Å². The summed E-state index contributed by atoms with van der Waals surface area (Å²) in [6.45, 7) is 0.691. The second-order valence-electron chi connectivity index (χ2n) is 4.12. The van der Waals surface area contributed by atoms with Crippen LogP contribution in [0.15, 0.2) is 41.1 Å². The molecule has 18 heavy (non-hydrogen) atoms. The van der Waals surface area contributed by atoms with Crippen molar-refractivity contribution < 1.29 is 0 Å². The Morgan fingerprint density at radius 2 is 1.94 bits per heavy atom. The highest BCUT2D eigenvalue weighted by Crippen LogP contribution is 2.13. The Hall–Kier alpha value is -1.62. The van der Waals surface area contributed by atoms with Gasteiger partial charge in [0.1, 0.15) is 5.82 Å². The monoisotopic (exact) mass is 306 g/mol. The van der Waals surface area contributed by atoms with Crippen LogP contribution in [0, 0.1) is 0 Å². The van der Waals surface area contributed by atoms with Gasteiger partial charge in [0.25, 0.3) is 0 Å². The third-order valence-corrected chi connectivity index (χ3v) is 2.94. The van der Waals surface area contributed by atoms with Gasteiger partial charge in [-0.2, -0.15) is 0 Å². The third-order valence-electron chi connectivity index (χ3n) is 2.47. The Morgan fingerprint density at radius 1 is 1.11 bits per heavy atom. The predicted octanol–water partition coefficient (Wildman–Crippen LogP) is 2.92. The standard InChI is InChI=1S/C13H15BrN4/c1-18(2)13-6-5-12(9-17-13)16-8-11-4-3-10(14)7-15-11/h3-7,9,16H,8H2,1-2H3. The number of hydrogen-bond acceptors (Lipinski definition) is 4. The summed E-state index contributed by atoms with van der Waals surface area (Å²) in [5, 5.41) is 3.29. The van der Waals surface area contributed by atoms with Gasteiger partial charge in [-0.15, -0.1) is 0 Å². The first-order valence-corrected chi connectivity index (χ1v) is 6.42. The molecule has 2 rings (SSSR count). The van der Waals surface area contributed by atoms with Crippen molar-refractivity contribution in [3.05, 3.63) is 46.8 Å². The molecule has 0 amide bonds. The van der Waals surface area contributed by atoms with Crippen molar-refractivity contribution in [3.8, 4) is 0 Å². The summed E-state index contributed by atoms with van der Waals surface area (Å²) in [7, 11) is 3.95. The number of nitrogens with zero attached hydrogens (tertiary/aromatic N) is 3. The number of pyridine rings is 2. The molecule has 0 fully saturated rings. The zero-order chi connectivity index (χ0) is 13.0. The molecule has 0 saturated carbocycles. The van der Waals surface area contributed by atoms with Gasteiger partial charge in [-0.25, -0.2) is 4.98 Å². The van der Waals surface area contributed by atoms with Gasteiger partial charge in [0.05, 0.1) is 24.1 Å². The number of hydrogen-bond donors (Lipinski definition) is 1. The molecule has 0 atom stereocenters. The molecule has 2 aromatic rings. The minimum absolute atomic E-state index is 0.691. The minimum Gasteiger partial charge on any atom is -0.378 e. The van der Waals surface area contributed by atoms with E-state index in [0.29, 0.717) is 6.54 Å². The van der Waals surface area contributed by atoms with Crippen LogP contribution < -0.4 is 10.2 Å². The highest BCUT2D eigenvalue weighted by atomic mass is 79.9. The van der Waals surface area contributed by atoms with Crippen molar-refractivity contribution in [2.24, 2.45) is 0 Å². The molecule has 0 aliphatic carbocycles. The normalized spacial score (nSPS) is 10.2. The lowest BCUT2D eigenvalue weighted by Crippen LogP contribution is -2.10. The molecule has 0 spiro atoms. The van der Waals surface area contributed by atoms with Gasteiger partial charge in [-0.1, -0.05) is 0 Å². The molecule has 0 aliphatic heterocycles. The molecule has 2 aromatic heterocycles. The molecule has 0 bridgehead atoms. The van der Waals surface area contributed by atoms with Crippen LogP contribution in [0.3, 0.4) is 0 Å². The van der Waals surface area contributed by atoms with E-state index in [1.54, 1.807) is 6.20 Å². The van der Waals surface area contributed by atoms with Gasteiger partial charge >= 0.3 is 0 Å². The molecular weight excluding hydrogens is 292 g/mol. The summed E-state index contributed by atoms with van der Waals surface area (Å²) < 4.78 is 0.989. The number of rotatable bonds is 4. The van der Waals surface area contributed by atoms with Gasteiger partial charge in [-0.3, -0.25) is 4.98 Å². The fourth-order valence-corrected chi connectivity index (χ4v) is 1.69. The van der Waals surface area contributed by atoms with E-state index in [1.807, 2.05) is 49.5 Å². The van der Waals surface area contributed by atoms with Crippen LogP contribution in [0.1, 0.15) is 5.69 Å². The topological polar surface area (TPSA) is 41.0 Å². The van der Waals surface area contributed by atoms with Crippen LogP contribution in [0.2, 0.25) is 0 Å². The molecular formula is C13H15BrN4. The van der Waals surface area contributed by atoms with E-state index in [2.05, 4.69) is 31.2 Å². The van der Waals surface area contributed by atoms with Crippen molar-refractivity contribution in [2.75, 3.05) is 24.3 Å². The maximum absolute atomic E-state index is 4.34. The molecule has 2 heterocycles. The third kappa shape index (κ3) is 3.43. The molecule has 0 saturated heterocycles. The molecule has 4 nitrogen and oxygen atoms in total. The van der Waals surface area contributed by atoms with Gasteiger partial charge in [-0.05, 0) is 40.2 Å². The fraction of sp³-hybridized carbons (Fsp3) is 0.231. The molecule has 0 aromatic carbocycles. The van der Waals surface area contributed by atoms with Gasteiger partial charge in [0.15, 0.2) is 0 Å². The average Bonchev–Trinajstić information content (AvgIpc) is 2.38. The summed E-state index contributed by atoms with van der Waals surface area (Å²) >= 11 is 3.37. The second kappa shape index (κ2) is 5.82. The van der Waals surface area contributed by atoms with Crippen LogP contribution in [0.5, 0.6) is 0 Å². The zero-order valence-corrected chi connectivity index (χ0v) is 12.0. The van der Waals surface area contributed by atoms with E-state index >= 15 is 0 Å². The first-order chi connectivity index (χ1) is 8.65. The van der Waals surface area contributed by atoms with Gasteiger partial charge in [0, 0.05) is 24.8 Å². The quantitative estimate of drug-likeness (QED) is 0.943. The van der Waals surface area contributed by atoms with Gasteiger partial charge < -0.3 is 10.2 Å². The molecule has 0 unspecified atom stereocenters. The first-order valence-electron chi connectivity index (χ1n) is 5.63. The molecule has 5 heteroatoms. The Balaban J connectivity index is 1.95. The highest BCUT2D eigenvalue weighted by molar-refractivity contribution is 9.10. The van der Waals surface area contributed by atoms with Crippen LogP contribution in [-0.4, -0.2) is 24.1 Å². The number of anilines is 2. The lowest BCUT2D eigenvalue weighted by Gasteiger charge is -2.12. The first kappa shape index (κ1) is 12.8.